The van der Waals surface area contributed by atoms with Gasteiger partial charge in [-0.1, -0.05) is 12.1 Å². The Balaban J connectivity index is 1.54. The fourth-order valence-corrected chi connectivity index (χ4v) is 4.63. The van der Waals surface area contributed by atoms with Gasteiger partial charge in [0.1, 0.15) is 11.6 Å². The highest BCUT2D eigenvalue weighted by molar-refractivity contribution is 7.03. The van der Waals surface area contributed by atoms with Crippen LogP contribution in [0.2, 0.25) is 0 Å². The molecule has 182 valence electrons. The Morgan fingerprint density at radius 2 is 1.92 bits per heavy atom. The number of nitrogens with zero attached hydrogens (tertiary/aromatic N) is 6. The van der Waals surface area contributed by atoms with E-state index in [0.29, 0.717) is 33.2 Å². The van der Waals surface area contributed by atoms with Gasteiger partial charge in [-0.3, -0.25) is 19.3 Å². The van der Waals surface area contributed by atoms with Crippen LogP contribution in [0.1, 0.15) is 22.8 Å². The molecule has 9 nitrogen and oxygen atoms in total. The molecule has 2 N–H and O–H groups in total. The van der Waals surface area contributed by atoms with Gasteiger partial charge in [0.05, 0.1) is 29.2 Å². The number of aryl methyl sites for hydroxylation is 1. The summed E-state index contributed by atoms with van der Waals surface area (Å²) in [6.07, 6.45) is 3.29. The molecule has 0 fully saturated rings. The van der Waals surface area contributed by atoms with Crippen LogP contribution >= 0.6 is 11.5 Å². The Labute approximate surface area is 209 Å². The number of benzene rings is 2. The minimum atomic E-state index is -0.483. The predicted molar refractivity (Wildman–Crippen MR) is 136 cm³/mol. The Kier molecular flexibility index (Phi) is 5.84. The zero-order chi connectivity index (χ0) is 25.6. The number of pyridine rings is 1. The average molecular weight is 504 g/mol. The molecule has 0 saturated heterocycles. The molecule has 3 aromatic heterocycles. The molecule has 5 rings (SSSR count). The summed E-state index contributed by atoms with van der Waals surface area (Å²) in [4.78, 5) is 30.3. The molecule has 0 aliphatic carbocycles. The van der Waals surface area contributed by atoms with Crippen LogP contribution in [0.4, 0.5) is 10.2 Å². The molecule has 2 amide bonds. The second kappa shape index (κ2) is 9.00. The van der Waals surface area contributed by atoms with Crippen LogP contribution < -0.4 is 5.73 Å². The first-order valence-electron chi connectivity index (χ1n) is 11.0. The number of hydrogen-bond donors (Lipinski definition) is 1. The number of carbonyl (C=O) groups is 2. The molecule has 0 radical (unpaired) electrons. The lowest BCUT2D eigenvalue weighted by molar-refractivity contribution is -0.140. The highest BCUT2D eigenvalue weighted by Crippen LogP contribution is 2.29. The number of nitrogen functional groups attached to an aromatic ring is 1. The van der Waals surface area contributed by atoms with E-state index in [9.17, 15) is 9.59 Å². The molecule has 0 aliphatic heterocycles. The third kappa shape index (κ3) is 4.03. The van der Waals surface area contributed by atoms with Crippen LogP contribution in [-0.2, 0) is 18.4 Å². The summed E-state index contributed by atoms with van der Waals surface area (Å²) in [6.45, 7) is 1.21. The van der Waals surface area contributed by atoms with Gasteiger partial charge in [-0.05, 0) is 41.4 Å². The molecule has 36 heavy (non-hydrogen) atoms. The van der Waals surface area contributed by atoms with Crippen molar-refractivity contribution < 1.29 is 14.0 Å². The van der Waals surface area contributed by atoms with Crippen molar-refractivity contribution in [2.75, 3.05) is 12.8 Å². The maximum atomic E-state index is 15.1. The van der Waals surface area contributed by atoms with Crippen molar-refractivity contribution in [1.29, 1.82) is 0 Å². The van der Waals surface area contributed by atoms with E-state index in [1.165, 1.54) is 41.6 Å². The molecule has 0 spiro atoms. The number of hydrazine groups is 1. The van der Waals surface area contributed by atoms with Crippen LogP contribution in [-0.4, -0.2) is 48.0 Å². The molecular weight excluding hydrogens is 481 g/mol. The van der Waals surface area contributed by atoms with Crippen molar-refractivity contribution in [2.24, 2.45) is 7.05 Å². The van der Waals surface area contributed by atoms with E-state index >= 15 is 4.39 Å². The van der Waals surface area contributed by atoms with Crippen LogP contribution in [0.5, 0.6) is 0 Å². The SMILES string of the molecule is CC(=O)N(C)N(Cc1ccc(-c2cnsc2)cc1F)C(=O)c1ccc2nc(N)c3cnn(C)c3c2c1. The predicted octanol–water partition coefficient (Wildman–Crippen LogP) is 4.00. The van der Waals surface area contributed by atoms with E-state index in [0.717, 1.165) is 11.1 Å². The summed E-state index contributed by atoms with van der Waals surface area (Å²) in [5.41, 5.74) is 9.50. The van der Waals surface area contributed by atoms with Gasteiger partial charge in [-0.15, -0.1) is 0 Å². The number of anilines is 1. The van der Waals surface area contributed by atoms with Crippen molar-refractivity contribution in [1.82, 2.24) is 29.2 Å². The summed E-state index contributed by atoms with van der Waals surface area (Å²) in [5.74, 6) is -0.968. The number of carbonyl (C=O) groups excluding carboxylic acids is 2. The summed E-state index contributed by atoms with van der Waals surface area (Å²) in [6, 6.07) is 9.79. The van der Waals surface area contributed by atoms with Crippen LogP contribution in [0.3, 0.4) is 0 Å². The Hall–Kier alpha value is -4.38. The van der Waals surface area contributed by atoms with Crippen molar-refractivity contribution in [3.05, 3.63) is 71.1 Å². The molecule has 2 aromatic carbocycles. The lowest BCUT2D eigenvalue weighted by atomic mass is 10.1. The molecular formula is C25H22FN7O2S. The first kappa shape index (κ1) is 23.4. The van der Waals surface area contributed by atoms with Crippen molar-refractivity contribution in [3.8, 4) is 11.1 Å². The van der Waals surface area contributed by atoms with Gasteiger partial charge in [-0.2, -0.15) is 5.10 Å². The lowest BCUT2D eigenvalue weighted by Crippen LogP contribution is -2.46. The van der Waals surface area contributed by atoms with Gasteiger partial charge in [0.25, 0.3) is 5.91 Å². The minimum absolute atomic E-state index is 0.137. The summed E-state index contributed by atoms with van der Waals surface area (Å²) in [5, 5.41) is 9.86. The standard InChI is InChI=1S/C25H22FN7O2S/c1-14(34)32(3)33(12-17-5-4-15(9-21(17)26)18-10-29-36-13-18)25(35)16-6-7-22-19(8-16)23-20(24(27)30-22)11-28-31(23)2/h4-11,13H,12H2,1-3H3,(H2,27,30). The lowest BCUT2D eigenvalue weighted by Gasteiger charge is -2.31. The summed E-state index contributed by atoms with van der Waals surface area (Å²) < 4.78 is 20.8. The molecule has 0 unspecified atom stereocenters. The van der Waals surface area contributed by atoms with Gasteiger partial charge in [0, 0.05) is 54.7 Å². The minimum Gasteiger partial charge on any atom is -0.383 e. The molecule has 0 saturated carbocycles. The number of rotatable bonds is 4. The average Bonchev–Trinajstić information content (AvgIpc) is 3.53. The molecule has 11 heteroatoms. The topological polar surface area (TPSA) is 110 Å². The Morgan fingerprint density at radius 1 is 1.11 bits per heavy atom. The molecule has 0 atom stereocenters. The van der Waals surface area contributed by atoms with Gasteiger partial charge in [0.2, 0.25) is 5.91 Å². The first-order valence-corrected chi connectivity index (χ1v) is 11.8. The summed E-state index contributed by atoms with van der Waals surface area (Å²) in [7, 11) is 3.26. The van der Waals surface area contributed by atoms with Gasteiger partial charge < -0.3 is 5.73 Å². The highest BCUT2D eigenvalue weighted by atomic mass is 32.1. The number of hydrogen-bond acceptors (Lipinski definition) is 7. The zero-order valence-electron chi connectivity index (χ0n) is 19.8. The Morgan fingerprint density at radius 3 is 2.61 bits per heavy atom. The van der Waals surface area contributed by atoms with Crippen LogP contribution in [0.15, 0.2) is 54.2 Å². The fraction of sp³-hybridized carbons (Fsp3) is 0.160. The normalized spacial score (nSPS) is 11.2. The maximum Gasteiger partial charge on any atom is 0.272 e. The number of amides is 2. The zero-order valence-corrected chi connectivity index (χ0v) is 20.6. The Bertz CT molecular complexity index is 1630. The van der Waals surface area contributed by atoms with E-state index in [4.69, 9.17) is 5.73 Å². The second-order valence-corrected chi connectivity index (χ2v) is 9.04. The molecule has 3 heterocycles. The van der Waals surface area contributed by atoms with Gasteiger partial charge in [0.15, 0.2) is 0 Å². The van der Waals surface area contributed by atoms with Crippen LogP contribution in [0, 0.1) is 5.82 Å². The largest absolute Gasteiger partial charge is 0.383 e. The quantitative estimate of drug-likeness (QED) is 0.371. The van der Waals surface area contributed by atoms with Gasteiger partial charge >= 0.3 is 0 Å². The van der Waals surface area contributed by atoms with Gasteiger partial charge in [-0.25, -0.2) is 18.8 Å². The highest BCUT2D eigenvalue weighted by Gasteiger charge is 2.25. The van der Waals surface area contributed by atoms with Crippen molar-refractivity contribution in [3.63, 3.8) is 0 Å². The van der Waals surface area contributed by atoms with Crippen molar-refractivity contribution in [2.45, 2.75) is 13.5 Å². The number of aromatic nitrogens is 4. The third-order valence-electron chi connectivity index (χ3n) is 6.15. The molecule has 0 bridgehead atoms. The fourth-order valence-electron chi connectivity index (χ4n) is 4.09. The van der Waals surface area contributed by atoms with E-state index in [-0.39, 0.29) is 18.0 Å². The monoisotopic (exact) mass is 503 g/mol. The molecule has 5 aromatic rings. The summed E-state index contributed by atoms with van der Waals surface area (Å²) >= 11 is 1.28. The smallest absolute Gasteiger partial charge is 0.272 e. The van der Waals surface area contributed by atoms with Crippen molar-refractivity contribution >= 4 is 51.0 Å². The van der Waals surface area contributed by atoms with E-state index in [2.05, 4.69) is 14.5 Å². The number of fused-ring (bicyclic) bond motifs is 3. The molecule has 0 aliphatic rings. The van der Waals surface area contributed by atoms with Crippen LogP contribution in [0.25, 0.3) is 32.9 Å². The number of nitrogens with two attached hydrogens (primary N) is 1. The third-order valence-corrected chi connectivity index (χ3v) is 6.73. The van der Waals surface area contributed by atoms with E-state index < -0.39 is 11.7 Å². The van der Waals surface area contributed by atoms with E-state index in [1.54, 1.807) is 54.5 Å². The van der Waals surface area contributed by atoms with E-state index in [1.807, 2.05) is 5.38 Å². The number of halogens is 1. The maximum absolute atomic E-state index is 15.1. The second-order valence-electron chi connectivity index (χ2n) is 8.38. The first-order chi connectivity index (χ1) is 17.2.